The van der Waals surface area contributed by atoms with Gasteiger partial charge in [0.15, 0.2) is 11.5 Å². The maximum atomic E-state index is 5.85. The smallest absolute Gasteiger partial charge is 0.164 e. The summed E-state index contributed by atoms with van der Waals surface area (Å²) in [6.45, 7) is 3.55. The van der Waals surface area contributed by atoms with Crippen molar-refractivity contribution in [1.29, 1.82) is 0 Å². The Balaban J connectivity index is 1.91. The van der Waals surface area contributed by atoms with E-state index in [-0.39, 0.29) is 0 Å². The Morgan fingerprint density at radius 3 is 2.36 bits per heavy atom. The highest BCUT2D eigenvalue weighted by Crippen LogP contribution is 2.31. The van der Waals surface area contributed by atoms with Crippen molar-refractivity contribution >= 4 is 0 Å². The third-order valence-corrected chi connectivity index (χ3v) is 3.31. The first-order valence-electron chi connectivity index (χ1n) is 7.43. The topological polar surface area (TPSA) is 53.7 Å². The second-order valence-electron chi connectivity index (χ2n) is 5.00. The van der Waals surface area contributed by atoms with E-state index in [1.807, 2.05) is 49.4 Å². The van der Waals surface area contributed by atoms with E-state index >= 15 is 0 Å². The monoisotopic (exact) mass is 301 g/mol. The van der Waals surface area contributed by atoms with Gasteiger partial charge < -0.3 is 19.9 Å². The summed E-state index contributed by atoms with van der Waals surface area (Å²) in [6.07, 6.45) is 0.755. The molecular weight excluding hydrogens is 278 g/mol. The number of hydrogen-bond donors (Lipinski definition) is 1. The van der Waals surface area contributed by atoms with Gasteiger partial charge in [-0.3, -0.25) is 0 Å². The number of rotatable bonds is 8. The van der Waals surface area contributed by atoms with Gasteiger partial charge in [-0.1, -0.05) is 29.8 Å². The third-order valence-electron chi connectivity index (χ3n) is 3.31. The number of benzene rings is 2. The summed E-state index contributed by atoms with van der Waals surface area (Å²) in [5, 5.41) is 0. The normalized spacial score (nSPS) is 10.3. The molecule has 0 aliphatic rings. The molecule has 0 saturated heterocycles. The van der Waals surface area contributed by atoms with Gasteiger partial charge in [0.2, 0.25) is 0 Å². The van der Waals surface area contributed by atoms with E-state index in [2.05, 4.69) is 0 Å². The molecular formula is C18H23NO3. The number of aryl methyl sites for hydroxylation is 1. The molecule has 0 radical (unpaired) electrons. The van der Waals surface area contributed by atoms with Gasteiger partial charge in [0.25, 0.3) is 0 Å². The second kappa shape index (κ2) is 8.29. The fourth-order valence-corrected chi connectivity index (χ4v) is 2.18. The Hall–Kier alpha value is -2.20. The number of para-hydroxylation sites is 1. The molecule has 0 heterocycles. The SMILES string of the molecule is COc1cccc(CCN)c1OCCOc1ccc(C)cc1. The van der Waals surface area contributed by atoms with E-state index in [0.29, 0.717) is 19.8 Å². The van der Waals surface area contributed by atoms with Crippen LogP contribution in [-0.4, -0.2) is 26.9 Å². The highest BCUT2D eigenvalue weighted by molar-refractivity contribution is 5.46. The summed E-state index contributed by atoms with van der Waals surface area (Å²) < 4.78 is 16.9. The molecule has 0 atom stereocenters. The van der Waals surface area contributed by atoms with Crippen molar-refractivity contribution in [3.63, 3.8) is 0 Å². The van der Waals surface area contributed by atoms with Crippen LogP contribution in [0.1, 0.15) is 11.1 Å². The van der Waals surface area contributed by atoms with Crippen LogP contribution in [0, 0.1) is 6.92 Å². The summed E-state index contributed by atoms with van der Waals surface area (Å²) in [4.78, 5) is 0. The number of hydrogen-bond acceptors (Lipinski definition) is 4. The van der Waals surface area contributed by atoms with Crippen molar-refractivity contribution in [3.05, 3.63) is 53.6 Å². The molecule has 0 fully saturated rings. The fourth-order valence-electron chi connectivity index (χ4n) is 2.18. The first kappa shape index (κ1) is 16.2. The minimum absolute atomic E-state index is 0.450. The summed E-state index contributed by atoms with van der Waals surface area (Å²) in [5.41, 5.74) is 7.91. The molecule has 4 nitrogen and oxygen atoms in total. The summed E-state index contributed by atoms with van der Waals surface area (Å²) in [5.74, 6) is 2.32. The van der Waals surface area contributed by atoms with Gasteiger partial charge >= 0.3 is 0 Å². The molecule has 118 valence electrons. The van der Waals surface area contributed by atoms with Gasteiger partial charge in [0.1, 0.15) is 19.0 Å². The maximum Gasteiger partial charge on any atom is 0.164 e. The van der Waals surface area contributed by atoms with Gasteiger partial charge in [0, 0.05) is 0 Å². The van der Waals surface area contributed by atoms with Gasteiger partial charge in [0.05, 0.1) is 7.11 Å². The molecule has 22 heavy (non-hydrogen) atoms. The quantitative estimate of drug-likeness (QED) is 0.762. The summed E-state index contributed by atoms with van der Waals surface area (Å²) >= 11 is 0. The molecule has 0 amide bonds. The Kier molecular flexibility index (Phi) is 6.10. The van der Waals surface area contributed by atoms with Crippen molar-refractivity contribution in [2.45, 2.75) is 13.3 Å². The van der Waals surface area contributed by atoms with Crippen LogP contribution in [0.15, 0.2) is 42.5 Å². The Morgan fingerprint density at radius 2 is 1.68 bits per heavy atom. The van der Waals surface area contributed by atoms with Gasteiger partial charge in [-0.25, -0.2) is 0 Å². The minimum atomic E-state index is 0.450. The highest BCUT2D eigenvalue weighted by Gasteiger charge is 2.10. The lowest BCUT2D eigenvalue weighted by Crippen LogP contribution is -2.12. The van der Waals surface area contributed by atoms with Gasteiger partial charge in [-0.2, -0.15) is 0 Å². The lowest BCUT2D eigenvalue weighted by Gasteiger charge is -2.15. The molecule has 0 aromatic heterocycles. The van der Waals surface area contributed by atoms with Crippen molar-refractivity contribution in [3.8, 4) is 17.2 Å². The number of methoxy groups -OCH3 is 1. The predicted molar refractivity (Wildman–Crippen MR) is 87.9 cm³/mol. The average Bonchev–Trinajstić information content (AvgIpc) is 2.54. The minimum Gasteiger partial charge on any atom is -0.493 e. The average molecular weight is 301 g/mol. The van der Waals surface area contributed by atoms with Crippen molar-refractivity contribution in [1.82, 2.24) is 0 Å². The van der Waals surface area contributed by atoms with Crippen LogP contribution < -0.4 is 19.9 Å². The van der Waals surface area contributed by atoms with Gasteiger partial charge in [-0.05, 0) is 43.7 Å². The molecule has 0 unspecified atom stereocenters. The molecule has 2 rings (SSSR count). The van der Waals surface area contributed by atoms with Gasteiger partial charge in [-0.15, -0.1) is 0 Å². The first-order valence-corrected chi connectivity index (χ1v) is 7.43. The summed E-state index contributed by atoms with van der Waals surface area (Å²) in [7, 11) is 1.64. The van der Waals surface area contributed by atoms with Crippen LogP contribution in [0.3, 0.4) is 0 Å². The van der Waals surface area contributed by atoms with E-state index in [1.165, 1.54) is 5.56 Å². The zero-order valence-corrected chi connectivity index (χ0v) is 13.2. The van der Waals surface area contributed by atoms with Crippen LogP contribution in [0.5, 0.6) is 17.2 Å². The van der Waals surface area contributed by atoms with Crippen molar-refractivity contribution in [2.24, 2.45) is 5.73 Å². The predicted octanol–water partition coefficient (Wildman–Crippen LogP) is 2.96. The van der Waals surface area contributed by atoms with E-state index in [1.54, 1.807) is 7.11 Å². The molecule has 0 aliphatic carbocycles. The van der Waals surface area contributed by atoms with Crippen LogP contribution >= 0.6 is 0 Å². The van der Waals surface area contributed by atoms with E-state index in [0.717, 1.165) is 29.2 Å². The Morgan fingerprint density at radius 1 is 0.955 bits per heavy atom. The van der Waals surface area contributed by atoms with Crippen LogP contribution in [0.25, 0.3) is 0 Å². The van der Waals surface area contributed by atoms with Crippen LogP contribution in [0.2, 0.25) is 0 Å². The van der Waals surface area contributed by atoms with Crippen molar-refractivity contribution < 1.29 is 14.2 Å². The molecule has 0 saturated carbocycles. The number of ether oxygens (including phenoxy) is 3. The molecule has 0 spiro atoms. The lowest BCUT2D eigenvalue weighted by atomic mass is 10.1. The van der Waals surface area contributed by atoms with Crippen LogP contribution in [0.4, 0.5) is 0 Å². The highest BCUT2D eigenvalue weighted by atomic mass is 16.5. The largest absolute Gasteiger partial charge is 0.493 e. The first-order chi connectivity index (χ1) is 10.7. The molecule has 0 bridgehead atoms. The molecule has 2 aromatic rings. The third kappa shape index (κ3) is 4.40. The maximum absolute atomic E-state index is 5.85. The Labute approximate surface area is 131 Å². The summed E-state index contributed by atoms with van der Waals surface area (Å²) in [6, 6.07) is 13.8. The zero-order valence-electron chi connectivity index (χ0n) is 13.2. The standard InChI is InChI=1S/C18H23NO3/c1-14-6-8-16(9-7-14)21-12-13-22-18-15(10-11-19)4-3-5-17(18)20-2/h3-9H,10-13,19H2,1-2H3. The van der Waals surface area contributed by atoms with E-state index < -0.39 is 0 Å². The number of nitrogens with two attached hydrogens (primary N) is 1. The molecule has 2 N–H and O–H groups in total. The van der Waals surface area contributed by atoms with Crippen LogP contribution in [-0.2, 0) is 6.42 Å². The van der Waals surface area contributed by atoms with E-state index in [9.17, 15) is 0 Å². The second-order valence-corrected chi connectivity index (χ2v) is 5.00. The van der Waals surface area contributed by atoms with Crippen molar-refractivity contribution in [2.75, 3.05) is 26.9 Å². The molecule has 2 aromatic carbocycles. The molecule has 4 heteroatoms. The fraction of sp³-hybridized carbons (Fsp3) is 0.333. The zero-order chi connectivity index (χ0) is 15.8. The Bertz CT molecular complexity index is 581. The lowest BCUT2D eigenvalue weighted by molar-refractivity contribution is 0.210. The van der Waals surface area contributed by atoms with E-state index in [4.69, 9.17) is 19.9 Å². The molecule has 0 aliphatic heterocycles.